The first-order chi connectivity index (χ1) is 8.47. The first-order valence-electron chi connectivity index (χ1n) is 6.66. The summed E-state index contributed by atoms with van der Waals surface area (Å²) in [5, 5.41) is 3.57. The van der Waals surface area contributed by atoms with Crippen LogP contribution in [-0.2, 0) is 6.54 Å². The van der Waals surface area contributed by atoms with E-state index in [1.807, 2.05) is 26.0 Å². The number of hydrogen-bond donors (Lipinski definition) is 1. The number of nitrogens with zero attached hydrogens (tertiary/aromatic N) is 1. The van der Waals surface area contributed by atoms with Crippen molar-refractivity contribution in [3.63, 3.8) is 0 Å². The minimum Gasteiger partial charge on any atom is -0.309 e. The molecule has 100 valence electrons. The van der Waals surface area contributed by atoms with Gasteiger partial charge in [0.05, 0.1) is 0 Å². The minimum atomic E-state index is -0.0760. The first-order valence-corrected chi connectivity index (χ1v) is 6.66. The first kappa shape index (κ1) is 13.5. The molecule has 1 aliphatic heterocycles. The summed E-state index contributed by atoms with van der Waals surface area (Å²) in [6.45, 7) is 7.84. The Hall–Kier alpha value is -0.930. The highest BCUT2D eigenvalue weighted by Gasteiger charge is 2.25. The number of likely N-dealkylation sites (N-methyl/N-ethyl adjacent to an activating group) is 1. The van der Waals surface area contributed by atoms with E-state index >= 15 is 0 Å². The van der Waals surface area contributed by atoms with E-state index in [4.69, 9.17) is 0 Å². The Morgan fingerprint density at radius 1 is 1.33 bits per heavy atom. The van der Waals surface area contributed by atoms with Crippen LogP contribution < -0.4 is 5.32 Å². The topological polar surface area (TPSA) is 15.3 Å². The second-order valence-electron chi connectivity index (χ2n) is 5.65. The van der Waals surface area contributed by atoms with Gasteiger partial charge >= 0.3 is 0 Å². The minimum absolute atomic E-state index is 0.0760. The number of benzene rings is 1. The van der Waals surface area contributed by atoms with Gasteiger partial charge in [-0.25, -0.2) is 4.39 Å². The van der Waals surface area contributed by atoms with Gasteiger partial charge in [-0.3, -0.25) is 0 Å². The zero-order valence-corrected chi connectivity index (χ0v) is 11.8. The maximum Gasteiger partial charge on any atom is 0.129 e. The van der Waals surface area contributed by atoms with Crippen LogP contribution in [0.15, 0.2) is 12.1 Å². The number of aryl methyl sites for hydroxylation is 2. The highest BCUT2D eigenvalue weighted by atomic mass is 19.1. The molecule has 0 saturated carbocycles. The predicted molar refractivity (Wildman–Crippen MR) is 73.2 cm³/mol. The molecular weight excluding hydrogens is 227 g/mol. The fraction of sp³-hybridized carbons (Fsp3) is 0.600. The zero-order chi connectivity index (χ0) is 13.3. The average molecular weight is 250 g/mol. The standard InChI is InChI=1S/C15H23FN2/c1-10-5-13(6-11(2)15(10)16)8-17-14-7-12(3)18(4)9-14/h5-6,12,14,17H,7-9H2,1-4H3. The normalized spacial score (nSPS) is 24.7. The quantitative estimate of drug-likeness (QED) is 0.887. The summed E-state index contributed by atoms with van der Waals surface area (Å²) >= 11 is 0. The van der Waals surface area contributed by atoms with E-state index in [1.165, 1.54) is 12.0 Å². The van der Waals surface area contributed by atoms with Crippen LogP contribution in [0.4, 0.5) is 4.39 Å². The molecule has 1 N–H and O–H groups in total. The van der Waals surface area contributed by atoms with Gasteiger partial charge in [-0.2, -0.15) is 0 Å². The van der Waals surface area contributed by atoms with Gasteiger partial charge in [-0.15, -0.1) is 0 Å². The molecule has 0 radical (unpaired) electrons. The van der Waals surface area contributed by atoms with Crippen molar-refractivity contribution in [1.29, 1.82) is 0 Å². The van der Waals surface area contributed by atoms with Crippen molar-refractivity contribution >= 4 is 0 Å². The number of rotatable bonds is 3. The Bertz CT molecular complexity index is 397. The number of halogens is 1. The monoisotopic (exact) mass is 250 g/mol. The van der Waals surface area contributed by atoms with E-state index in [1.54, 1.807) is 0 Å². The highest BCUT2D eigenvalue weighted by molar-refractivity contribution is 5.30. The van der Waals surface area contributed by atoms with Crippen molar-refractivity contribution < 1.29 is 4.39 Å². The second kappa shape index (κ2) is 5.37. The van der Waals surface area contributed by atoms with Gasteiger partial charge in [0.25, 0.3) is 0 Å². The van der Waals surface area contributed by atoms with Crippen molar-refractivity contribution in [3.8, 4) is 0 Å². The molecule has 0 spiro atoms. The third-order valence-corrected chi connectivity index (χ3v) is 3.98. The fourth-order valence-corrected chi connectivity index (χ4v) is 2.74. The molecule has 0 amide bonds. The van der Waals surface area contributed by atoms with E-state index in [9.17, 15) is 4.39 Å². The van der Waals surface area contributed by atoms with Crippen LogP contribution in [0.25, 0.3) is 0 Å². The van der Waals surface area contributed by atoms with Gasteiger partial charge < -0.3 is 10.2 Å². The average Bonchev–Trinajstić information content (AvgIpc) is 2.63. The van der Waals surface area contributed by atoms with Crippen LogP contribution in [0.2, 0.25) is 0 Å². The molecule has 1 heterocycles. The molecule has 18 heavy (non-hydrogen) atoms. The third kappa shape index (κ3) is 2.90. The van der Waals surface area contributed by atoms with Crippen molar-refractivity contribution in [3.05, 3.63) is 34.6 Å². The molecule has 2 rings (SSSR count). The third-order valence-electron chi connectivity index (χ3n) is 3.98. The van der Waals surface area contributed by atoms with E-state index in [0.717, 1.165) is 24.2 Å². The number of hydrogen-bond acceptors (Lipinski definition) is 2. The van der Waals surface area contributed by atoms with E-state index in [2.05, 4.69) is 24.2 Å². The van der Waals surface area contributed by atoms with E-state index in [-0.39, 0.29) is 5.82 Å². The lowest BCUT2D eigenvalue weighted by molar-refractivity contribution is 0.326. The molecule has 0 aromatic heterocycles. The molecule has 0 aliphatic carbocycles. The molecule has 2 nitrogen and oxygen atoms in total. The van der Waals surface area contributed by atoms with Crippen molar-refractivity contribution in [2.45, 2.75) is 45.8 Å². The van der Waals surface area contributed by atoms with Crippen LogP contribution in [0, 0.1) is 19.7 Å². The Balaban J connectivity index is 1.95. The summed E-state index contributed by atoms with van der Waals surface area (Å²) < 4.78 is 13.5. The largest absolute Gasteiger partial charge is 0.309 e. The lowest BCUT2D eigenvalue weighted by Gasteiger charge is -2.14. The van der Waals surface area contributed by atoms with Crippen molar-refractivity contribution in [2.24, 2.45) is 0 Å². The lowest BCUT2D eigenvalue weighted by atomic mass is 10.1. The Morgan fingerprint density at radius 2 is 1.94 bits per heavy atom. The van der Waals surface area contributed by atoms with Crippen LogP contribution in [0.3, 0.4) is 0 Å². The van der Waals surface area contributed by atoms with E-state index < -0.39 is 0 Å². The van der Waals surface area contributed by atoms with Crippen molar-refractivity contribution in [1.82, 2.24) is 10.2 Å². The molecule has 2 atom stereocenters. The van der Waals surface area contributed by atoms with Gasteiger partial charge in [0, 0.05) is 25.2 Å². The SMILES string of the molecule is Cc1cc(CNC2CC(C)N(C)C2)cc(C)c1F. The summed E-state index contributed by atoms with van der Waals surface area (Å²) in [6, 6.07) is 5.09. The summed E-state index contributed by atoms with van der Waals surface area (Å²) in [6.07, 6.45) is 1.19. The van der Waals surface area contributed by atoms with Crippen LogP contribution in [0.5, 0.6) is 0 Å². The molecule has 1 aromatic carbocycles. The molecule has 1 fully saturated rings. The Morgan fingerprint density at radius 3 is 2.44 bits per heavy atom. The van der Waals surface area contributed by atoms with Gasteiger partial charge in [0.2, 0.25) is 0 Å². The molecule has 0 bridgehead atoms. The van der Waals surface area contributed by atoms with Crippen LogP contribution >= 0.6 is 0 Å². The van der Waals surface area contributed by atoms with Gasteiger partial charge in [0.15, 0.2) is 0 Å². The molecular formula is C15H23FN2. The zero-order valence-electron chi connectivity index (χ0n) is 11.8. The summed E-state index contributed by atoms with van der Waals surface area (Å²) in [7, 11) is 2.17. The fourth-order valence-electron chi connectivity index (χ4n) is 2.74. The second-order valence-corrected chi connectivity index (χ2v) is 5.65. The van der Waals surface area contributed by atoms with Gasteiger partial charge in [0.1, 0.15) is 5.82 Å². The smallest absolute Gasteiger partial charge is 0.129 e. The maximum atomic E-state index is 13.5. The number of nitrogens with one attached hydrogen (secondary N) is 1. The summed E-state index contributed by atoms with van der Waals surface area (Å²) in [4.78, 5) is 2.37. The Kier molecular flexibility index (Phi) is 4.03. The molecule has 2 unspecified atom stereocenters. The molecule has 3 heteroatoms. The van der Waals surface area contributed by atoms with Crippen LogP contribution in [-0.4, -0.2) is 30.6 Å². The molecule has 1 saturated heterocycles. The Labute approximate surface area is 109 Å². The highest BCUT2D eigenvalue weighted by Crippen LogP contribution is 2.17. The summed E-state index contributed by atoms with van der Waals surface area (Å²) in [5.41, 5.74) is 2.65. The van der Waals surface area contributed by atoms with Gasteiger partial charge in [-0.1, -0.05) is 12.1 Å². The number of likely N-dealkylation sites (tertiary alicyclic amines) is 1. The predicted octanol–water partition coefficient (Wildman–Crippen LogP) is 2.62. The maximum absolute atomic E-state index is 13.5. The summed E-state index contributed by atoms with van der Waals surface area (Å²) in [5.74, 6) is -0.0760. The van der Waals surface area contributed by atoms with Crippen LogP contribution in [0.1, 0.15) is 30.0 Å². The van der Waals surface area contributed by atoms with Crippen molar-refractivity contribution in [2.75, 3.05) is 13.6 Å². The van der Waals surface area contributed by atoms with Gasteiger partial charge in [-0.05, 0) is 50.9 Å². The molecule has 1 aliphatic rings. The van der Waals surface area contributed by atoms with E-state index in [0.29, 0.717) is 12.1 Å². The molecule has 1 aromatic rings. The lowest BCUT2D eigenvalue weighted by Crippen LogP contribution is -2.31.